The second-order valence-corrected chi connectivity index (χ2v) is 6.34. The number of hydrogen-bond donors (Lipinski definition) is 2. The van der Waals surface area contributed by atoms with Crippen molar-refractivity contribution in [3.8, 4) is 0 Å². The summed E-state index contributed by atoms with van der Waals surface area (Å²) in [5, 5.41) is 13.8. The maximum absolute atomic E-state index is 9.56. The standard InChI is InChI=1S/C16H25ClN2O2/c1-12(2)8-18-9-13-3-4-14(17)7-16(13)19-5-6-21-11-15(19)10-20/h3-4,7,12,15,18,20H,5-6,8-11H2,1-2H3. The monoisotopic (exact) mass is 312 g/mol. The third kappa shape index (κ3) is 4.58. The first-order valence-electron chi connectivity index (χ1n) is 7.56. The van der Waals surface area contributed by atoms with E-state index in [4.69, 9.17) is 16.3 Å². The van der Waals surface area contributed by atoms with Crippen LogP contribution in [0.5, 0.6) is 0 Å². The molecule has 0 bridgehead atoms. The van der Waals surface area contributed by atoms with E-state index in [0.717, 1.165) is 30.3 Å². The summed E-state index contributed by atoms with van der Waals surface area (Å²) in [4.78, 5) is 2.21. The molecule has 1 atom stereocenters. The topological polar surface area (TPSA) is 44.7 Å². The van der Waals surface area contributed by atoms with E-state index in [1.165, 1.54) is 5.56 Å². The van der Waals surface area contributed by atoms with Gasteiger partial charge in [0.05, 0.1) is 25.9 Å². The molecule has 118 valence electrons. The van der Waals surface area contributed by atoms with Crippen molar-refractivity contribution in [2.75, 3.05) is 37.8 Å². The summed E-state index contributed by atoms with van der Waals surface area (Å²) in [6.07, 6.45) is 0. The van der Waals surface area contributed by atoms with Crippen LogP contribution in [0.4, 0.5) is 5.69 Å². The largest absolute Gasteiger partial charge is 0.394 e. The van der Waals surface area contributed by atoms with E-state index in [1.807, 2.05) is 12.1 Å². The van der Waals surface area contributed by atoms with Crippen LogP contribution >= 0.6 is 11.6 Å². The van der Waals surface area contributed by atoms with Crippen molar-refractivity contribution < 1.29 is 9.84 Å². The quantitative estimate of drug-likeness (QED) is 0.846. The third-order valence-electron chi connectivity index (χ3n) is 3.66. The molecule has 2 N–H and O–H groups in total. The highest BCUT2D eigenvalue weighted by atomic mass is 35.5. The predicted octanol–water partition coefficient (Wildman–Crippen LogP) is 2.28. The fraction of sp³-hybridized carbons (Fsp3) is 0.625. The molecule has 1 aromatic rings. The lowest BCUT2D eigenvalue weighted by atomic mass is 10.1. The van der Waals surface area contributed by atoms with Crippen LogP contribution in [-0.2, 0) is 11.3 Å². The van der Waals surface area contributed by atoms with Gasteiger partial charge in [0, 0.05) is 23.8 Å². The Bertz CT molecular complexity index is 454. The summed E-state index contributed by atoms with van der Waals surface area (Å²) in [5.41, 5.74) is 2.31. The van der Waals surface area contributed by atoms with Crippen LogP contribution in [0.3, 0.4) is 0 Å². The molecule has 1 aliphatic rings. The fourth-order valence-electron chi connectivity index (χ4n) is 2.57. The summed E-state index contributed by atoms with van der Waals surface area (Å²) in [7, 11) is 0. The zero-order valence-electron chi connectivity index (χ0n) is 12.8. The fourth-order valence-corrected chi connectivity index (χ4v) is 2.74. The number of anilines is 1. The summed E-state index contributed by atoms with van der Waals surface area (Å²) >= 11 is 6.17. The third-order valence-corrected chi connectivity index (χ3v) is 3.90. The van der Waals surface area contributed by atoms with E-state index in [9.17, 15) is 5.11 Å². The van der Waals surface area contributed by atoms with E-state index >= 15 is 0 Å². The summed E-state index contributed by atoms with van der Waals surface area (Å²) < 4.78 is 5.46. The van der Waals surface area contributed by atoms with Gasteiger partial charge < -0.3 is 20.1 Å². The van der Waals surface area contributed by atoms with Crippen LogP contribution in [0.25, 0.3) is 0 Å². The van der Waals surface area contributed by atoms with Gasteiger partial charge in [-0.3, -0.25) is 0 Å². The maximum atomic E-state index is 9.56. The number of aliphatic hydroxyl groups is 1. The molecule has 4 nitrogen and oxygen atoms in total. The Morgan fingerprint density at radius 1 is 1.48 bits per heavy atom. The van der Waals surface area contributed by atoms with Crippen molar-refractivity contribution in [1.82, 2.24) is 5.32 Å². The lowest BCUT2D eigenvalue weighted by Crippen LogP contribution is -2.48. The molecule has 1 unspecified atom stereocenters. The number of ether oxygens (including phenoxy) is 1. The van der Waals surface area contributed by atoms with Gasteiger partial charge in [0.15, 0.2) is 0 Å². The molecule has 0 saturated carbocycles. The highest BCUT2D eigenvalue weighted by Crippen LogP contribution is 2.28. The number of benzene rings is 1. The Morgan fingerprint density at radius 3 is 3.00 bits per heavy atom. The Balaban J connectivity index is 2.17. The number of aliphatic hydroxyl groups excluding tert-OH is 1. The van der Waals surface area contributed by atoms with Gasteiger partial charge in [-0.05, 0) is 30.2 Å². The van der Waals surface area contributed by atoms with E-state index < -0.39 is 0 Å². The van der Waals surface area contributed by atoms with Gasteiger partial charge in [0.25, 0.3) is 0 Å². The van der Waals surface area contributed by atoms with E-state index in [2.05, 4.69) is 30.1 Å². The van der Waals surface area contributed by atoms with Gasteiger partial charge in [-0.15, -0.1) is 0 Å². The van der Waals surface area contributed by atoms with Crippen LogP contribution in [0.15, 0.2) is 18.2 Å². The predicted molar refractivity (Wildman–Crippen MR) is 87.0 cm³/mol. The first-order valence-corrected chi connectivity index (χ1v) is 7.94. The molecular formula is C16H25ClN2O2. The number of nitrogens with zero attached hydrogens (tertiary/aromatic N) is 1. The molecule has 21 heavy (non-hydrogen) atoms. The molecule has 0 spiro atoms. The molecule has 1 heterocycles. The SMILES string of the molecule is CC(C)CNCc1ccc(Cl)cc1N1CCOCC1CO. The average Bonchev–Trinajstić information content (AvgIpc) is 2.48. The van der Waals surface area contributed by atoms with Crippen LogP contribution in [0, 0.1) is 5.92 Å². The Labute approximate surface area is 132 Å². The molecule has 5 heteroatoms. The molecule has 0 aromatic heterocycles. The number of rotatable bonds is 6. The molecule has 1 saturated heterocycles. The van der Waals surface area contributed by atoms with Crippen LogP contribution in [0.1, 0.15) is 19.4 Å². The molecule has 0 radical (unpaired) electrons. The lowest BCUT2D eigenvalue weighted by molar-refractivity contribution is 0.0726. The first-order chi connectivity index (χ1) is 10.1. The minimum absolute atomic E-state index is 0.000986. The van der Waals surface area contributed by atoms with Crippen molar-refractivity contribution in [3.63, 3.8) is 0 Å². The van der Waals surface area contributed by atoms with E-state index in [0.29, 0.717) is 19.1 Å². The molecular weight excluding hydrogens is 288 g/mol. The minimum atomic E-state index is 0.000986. The zero-order valence-corrected chi connectivity index (χ0v) is 13.6. The first kappa shape index (κ1) is 16.6. The second kappa shape index (κ2) is 7.99. The number of nitrogens with one attached hydrogen (secondary N) is 1. The average molecular weight is 313 g/mol. The lowest BCUT2D eigenvalue weighted by Gasteiger charge is -2.37. The highest BCUT2D eigenvalue weighted by molar-refractivity contribution is 6.30. The Morgan fingerprint density at radius 2 is 2.29 bits per heavy atom. The van der Waals surface area contributed by atoms with E-state index in [-0.39, 0.29) is 12.6 Å². The molecule has 0 aliphatic carbocycles. The van der Waals surface area contributed by atoms with Gasteiger partial charge in [-0.25, -0.2) is 0 Å². The van der Waals surface area contributed by atoms with Crippen molar-refractivity contribution in [2.45, 2.75) is 26.4 Å². The highest BCUT2D eigenvalue weighted by Gasteiger charge is 2.24. The number of morpholine rings is 1. The van der Waals surface area contributed by atoms with Gasteiger partial charge in [-0.2, -0.15) is 0 Å². The van der Waals surface area contributed by atoms with Crippen molar-refractivity contribution in [1.29, 1.82) is 0 Å². The van der Waals surface area contributed by atoms with Crippen LogP contribution < -0.4 is 10.2 Å². The Kier molecular flexibility index (Phi) is 6.30. The van der Waals surface area contributed by atoms with Crippen molar-refractivity contribution in [2.24, 2.45) is 5.92 Å². The number of halogens is 1. The van der Waals surface area contributed by atoms with Gasteiger partial charge in [0.1, 0.15) is 0 Å². The molecule has 0 amide bonds. The summed E-state index contributed by atoms with van der Waals surface area (Å²) in [5.74, 6) is 0.620. The second-order valence-electron chi connectivity index (χ2n) is 5.90. The van der Waals surface area contributed by atoms with Gasteiger partial charge >= 0.3 is 0 Å². The maximum Gasteiger partial charge on any atom is 0.0755 e. The normalized spacial score (nSPS) is 19.3. The zero-order chi connectivity index (χ0) is 15.2. The minimum Gasteiger partial charge on any atom is -0.394 e. The van der Waals surface area contributed by atoms with Crippen LogP contribution in [0.2, 0.25) is 5.02 Å². The Hall–Kier alpha value is -0.810. The smallest absolute Gasteiger partial charge is 0.0755 e. The van der Waals surface area contributed by atoms with Crippen molar-refractivity contribution >= 4 is 17.3 Å². The number of hydrogen-bond acceptors (Lipinski definition) is 4. The van der Waals surface area contributed by atoms with Crippen LogP contribution in [-0.4, -0.2) is 44.1 Å². The van der Waals surface area contributed by atoms with Gasteiger partial charge in [0.2, 0.25) is 0 Å². The summed E-state index contributed by atoms with van der Waals surface area (Å²) in [6.45, 7) is 8.28. The molecule has 1 aliphatic heterocycles. The summed E-state index contributed by atoms with van der Waals surface area (Å²) in [6, 6.07) is 5.98. The van der Waals surface area contributed by atoms with Gasteiger partial charge in [-0.1, -0.05) is 31.5 Å². The molecule has 1 aromatic carbocycles. The molecule has 2 rings (SSSR count). The van der Waals surface area contributed by atoms with Crippen molar-refractivity contribution in [3.05, 3.63) is 28.8 Å². The molecule has 1 fully saturated rings. The van der Waals surface area contributed by atoms with E-state index in [1.54, 1.807) is 0 Å².